The van der Waals surface area contributed by atoms with Crippen molar-refractivity contribution in [1.82, 2.24) is 10.6 Å². The van der Waals surface area contributed by atoms with Crippen molar-refractivity contribution in [3.05, 3.63) is 0 Å². The van der Waals surface area contributed by atoms with Crippen LogP contribution in [0.15, 0.2) is 0 Å². The lowest BCUT2D eigenvalue weighted by molar-refractivity contribution is -0.142. The van der Waals surface area contributed by atoms with Crippen molar-refractivity contribution < 1.29 is 29.4 Å². The predicted molar refractivity (Wildman–Crippen MR) is 73.6 cm³/mol. The van der Waals surface area contributed by atoms with Crippen LogP contribution in [0.3, 0.4) is 0 Å². The second-order valence-electron chi connectivity index (χ2n) is 4.59. The summed E-state index contributed by atoms with van der Waals surface area (Å²) in [5, 5.41) is 22.3. The van der Waals surface area contributed by atoms with Crippen molar-refractivity contribution in [2.45, 2.75) is 51.5 Å². The van der Waals surface area contributed by atoms with Gasteiger partial charge in [0, 0.05) is 25.8 Å². The highest BCUT2D eigenvalue weighted by Gasteiger charge is 2.20. The molecule has 0 bridgehead atoms. The van der Waals surface area contributed by atoms with Crippen LogP contribution >= 0.6 is 0 Å². The van der Waals surface area contributed by atoms with Crippen LogP contribution < -0.4 is 10.6 Å². The molecule has 2 amide bonds. The molecule has 1 atom stereocenters. The summed E-state index contributed by atoms with van der Waals surface area (Å²) in [6.07, 6.45) is 0.726. The molecule has 0 aliphatic rings. The summed E-state index contributed by atoms with van der Waals surface area (Å²) in [7, 11) is 0. The van der Waals surface area contributed by atoms with Crippen LogP contribution in [0.2, 0.25) is 0 Å². The van der Waals surface area contributed by atoms with E-state index in [9.17, 15) is 19.2 Å². The van der Waals surface area contributed by atoms with Crippen molar-refractivity contribution in [3.63, 3.8) is 0 Å². The van der Waals surface area contributed by atoms with Gasteiger partial charge in [0.15, 0.2) is 0 Å². The Morgan fingerprint density at radius 2 is 1.67 bits per heavy atom. The Balaban J connectivity index is 4.12. The molecule has 0 aromatic rings. The maximum atomic E-state index is 11.5. The number of hydrogen-bond donors (Lipinski definition) is 4. The molecule has 0 unspecified atom stereocenters. The molecule has 0 rings (SSSR count). The first kappa shape index (κ1) is 18.9. The lowest BCUT2D eigenvalue weighted by Crippen LogP contribution is -2.41. The van der Waals surface area contributed by atoms with Gasteiger partial charge in [-0.3, -0.25) is 14.4 Å². The van der Waals surface area contributed by atoms with Crippen LogP contribution in [0.5, 0.6) is 0 Å². The van der Waals surface area contributed by atoms with Crippen molar-refractivity contribution in [2.75, 3.05) is 6.54 Å². The number of rotatable bonds is 11. The van der Waals surface area contributed by atoms with E-state index in [0.717, 1.165) is 6.42 Å². The number of amides is 2. The Morgan fingerprint density at radius 3 is 2.19 bits per heavy atom. The Labute approximate surface area is 122 Å². The minimum atomic E-state index is -1.22. The van der Waals surface area contributed by atoms with Gasteiger partial charge in [0.05, 0.1) is 0 Å². The molecule has 8 nitrogen and oxygen atoms in total. The maximum Gasteiger partial charge on any atom is 0.326 e. The third kappa shape index (κ3) is 10.3. The summed E-state index contributed by atoms with van der Waals surface area (Å²) in [5.74, 6) is -3.02. The SMILES string of the molecule is CCCNC(=O)CC[C@H](NC(=O)CCCC(=O)O)C(=O)O. The molecule has 0 fully saturated rings. The third-order valence-electron chi connectivity index (χ3n) is 2.66. The Bertz CT molecular complexity index is 383. The zero-order valence-corrected chi connectivity index (χ0v) is 12.1. The predicted octanol–water partition coefficient (Wildman–Crippen LogP) is 0.117. The summed E-state index contributed by atoms with van der Waals surface area (Å²) in [6, 6.07) is -1.14. The zero-order chi connectivity index (χ0) is 16.3. The van der Waals surface area contributed by atoms with Crippen LogP contribution in [0.4, 0.5) is 0 Å². The van der Waals surface area contributed by atoms with Gasteiger partial charge in [0.25, 0.3) is 0 Å². The van der Waals surface area contributed by atoms with Gasteiger partial charge in [-0.2, -0.15) is 0 Å². The number of hydrogen-bond acceptors (Lipinski definition) is 4. The second kappa shape index (κ2) is 10.6. The highest BCUT2D eigenvalue weighted by molar-refractivity contribution is 5.84. The molecule has 0 saturated carbocycles. The summed E-state index contributed by atoms with van der Waals surface area (Å²) in [4.78, 5) is 44.2. The van der Waals surface area contributed by atoms with E-state index < -0.39 is 23.9 Å². The number of aliphatic carboxylic acids is 2. The fourth-order valence-electron chi connectivity index (χ4n) is 1.55. The maximum absolute atomic E-state index is 11.5. The van der Waals surface area contributed by atoms with Crippen molar-refractivity contribution in [1.29, 1.82) is 0 Å². The van der Waals surface area contributed by atoms with E-state index in [1.165, 1.54) is 0 Å². The number of carbonyl (C=O) groups is 4. The van der Waals surface area contributed by atoms with Crippen LogP contribution in [0.1, 0.15) is 45.4 Å². The molecule has 0 heterocycles. The first-order chi connectivity index (χ1) is 9.86. The van der Waals surface area contributed by atoms with E-state index in [4.69, 9.17) is 10.2 Å². The molecule has 21 heavy (non-hydrogen) atoms. The molecule has 0 spiro atoms. The number of carbonyl (C=O) groups excluding carboxylic acids is 2. The number of nitrogens with one attached hydrogen (secondary N) is 2. The highest BCUT2D eigenvalue weighted by atomic mass is 16.4. The van der Waals surface area contributed by atoms with Crippen molar-refractivity contribution in [3.8, 4) is 0 Å². The summed E-state index contributed by atoms with van der Waals surface area (Å²) in [6.45, 7) is 2.43. The lowest BCUT2D eigenvalue weighted by Gasteiger charge is -2.14. The smallest absolute Gasteiger partial charge is 0.326 e. The number of carboxylic acid groups (broad SMARTS) is 2. The molecule has 0 aromatic heterocycles. The van der Waals surface area contributed by atoms with Gasteiger partial charge in [0.1, 0.15) is 6.04 Å². The van der Waals surface area contributed by atoms with E-state index in [-0.39, 0.29) is 38.0 Å². The second-order valence-corrected chi connectivity index (χ2v) is 4.59. The van der Waals surface area contributed by atoms with Gasteiger partial charge in [-0.15, -0.1) is 0 Å². The standard InChI is InChI=1S/C13H22N2O6/c1-2-8-14-10(16)7-6-9(13(20)21)15-11(17)4-3-5-12(18)19/h9H,2-8H2,1H3,(H,14,16)(H,15,17)(H,18,19)(H,20,21)/t9-/m0/s1. The summed E-state index contributed by atoms with van der Waals surface area (Å²) < 4.78 is 0. The van der Waals surface area contributed by atoms with Crippen molar-refractivity contribution in [2.24, 2.45) is 0 Å². The van der Waals surface area contributed by atoms with Crippen LogP contribution in [0, 0.1) is 0 Å². The molecule has 0 aliphatic heterocycles. The third-order valence-corrected chi connectivity index (χ3v) is 2.66. The average Bonchev–Trinajstić information content (AvgIpc) is 2.40. The van der Waals surface area contributed by atoms with Crippen LogP contribution in [-0.2, 0) is 19.2 Å². The number of carboxylic acids is 2. The first-order valence-electron chi connectivity index (χ1n) is 6.87. The van der Waals surface area contributed by atoms with Crippen LogP contribution in [-0.4, -0.2) is 46.6 Å². The molecule has 0 aromatic carbocycles. The van der Waals surface area contributed by atoms with Gasteiger partial charge in [-0.25, -0.2) is 4.79 Å². The quantitative estimate of drug-likeness (QED) is 0.428. The molecule has 120 valence electrons. The largest absolute Gasteiger partial charge is 0.481 e. The monoisotopic (exact) mass is 302 g/mol. The average molecular weight is 302 g/mol. The minimum absolute atomic E-state index is 0.00441. The van der Waals surface area contributed by atoms with Gasteiger partial charge >= 0.3 is 11.9 Å². The van der Waals surface area contributed by atoms with Crippen LogP contribution in [0.25, 0.3) is 0 Å². The van der Waals surface area contributed by atoms with Gasteiger partial charge in [-0.1, -0.05) is 6.92 Å². The van der Waals surface area contributed by atoms with E-state index >= 15 is 0 Å². The molecule has 8 heteroatoms. The van der Waals surface area contributed by atoms with Gasteiger partial charge in [-0.05, 0) is 19.3 Å². The summed E-state index contributed by atoms with van der Waals surface area (Å²) >= 11 is 0. The van der Waals surface area contributed by atoms with Gasteiger partial charge in [0.2, 0.25) is 11.8 Å². The van der Waals surface area contributed by atoms with E-state index in [0.29, 0.717) is 6.54 Å². The van der Waals surface area contributed by atoms with E-state index in [2.05, 4.69) is 10.6 Å². The Hall–Kier alpha value is -2.12. The fraction of sp³-hybridized carbons (Fsp3) is 0.692. The Kier molecular flexibility index (Phi) is 9.57. The summed E-state index contributed by atoms with van der Waals surface area (Å²) in [5.41, 5.74) is 0. The fourth-order valence-corrected chi connectivity index (χ4v) is 1.55. The molecule has 0 aliphatic carbocycles. The lowest BCUT2D eigenvalue weighted by atomic mass is 10.1. The highest BCUT2D eigenvalue weighted by Crippen LogP contribution is 2.01. The normalized spacial score (nSPS) is 11.5. The first-order valence-corrected chi connectivity index (χ1v) is 6.87. The Morgan fingerprint density at radius 1 is 1.00 bits per heavy atom. The molecular weight excluding hydrogens is 280 g/mol. The molecule has 0 radical (unpaired) electrons. The van der Waals surface area contributed by atoms with E-state index in [1.807, 2.05) is 6.92 Å². The molecule has 4 N–H and O–H groups in total. The van der Waals surface area contributed by atoms with E-state index in [1.54, 1.807) is 0 Å². The van der Waals surface area contributed by atoms with Crippen molar-refractivity contribution >= 4 is 23.8 Å². The zero-order valence-electron chi connectivity index (χ0n) is 12.1. The topological polar surface area (TPSA) is 133 Å². The van der Waals surface area contributed by atoms with Gasteiger partial charge < -0.3 is 20.8 Å². The molecule has 0 saturated heterocycles. The molecular formula is C13H22N2O6. The minimum Gasteiger partial charge on any atom is -0.481 e.